The van der Waals surface area contributed by atoms with Crippen molar-refractivity contribution >= 4 is 11.9 Å². The van der Waals surface area contributed by atoms with E-state index in [0.717, 1.165) is 63.5 Å². The number of unbranched alkanes of at least 4 members (excludes halogenated alkanes) is 2. The zero-order valence-electron chi connectivity index (χ0n) is 16.1. The van der Waals surface area contributed by atoms with Gasteiger partial charge in [-0.25, -0.2) is 9.97 Å². The Morgan fingerprint density at radius 3 is 2.25 bits per heavy atom. The third-order valence-corrected chi connectivity index (χ3v) is 4.30. The highest BCUT2D eigenvalue weighted by Gasteiger charge is 2.26. The maximum Gasteiger partial charge on any atom is 0.232 e. The van der Waals surface area contributed by atoms with Crippen molar-refractivity contribution in [3.63, 3.8) is 0 Å². The number of amides is 1. The van der Waals surface area contributed by atoms with Gasteiger partial charge in [-0.1, -0.05) is 59.8 Å². The summed E-state index contributed by atoms with van der Waals surface area (Å²) >= 11 is 0. The van der Waals surface area contributed by atoms with Crippen LogP contribution in [0.25, 0.3) is 0 Å². The standard InChI is InChI=1S/C20H35N3O/c1-5-9-13-18(14-10-6-2)23(19(24)12-8-4)20-21-16-15-17(22-20)11-7-3/h15-16,18H,5-14H2,1-4H3. The van der Waals surface area contributed by atoms with Crippen LogP contribution in [0, 0.1) is 0 Å². The molecule has 1 heterocycles. The predicted molar refractivity (Wildman–Crippen MR) is 101 cm³/mol. The van der Waals surface area contributed by atoms with Crippen molar-refractivity contribution in [3.05, 3.63) is 18.0 Å². The molecule has 0 aliphatic rings. The lowest BCUT2D eigenvalue weighted by Gasteiger charge is -2.30. The Balaban J connectivity index is 3.11. The van der Waals surface area contributed by atoms with Crippen LogP contribution in [0.4, 0.5) is 5.95 Å². The Kier molecular flexibility index (Phi) is 10.3. The van der Waals surface area contributed by atoms with Crippen LogP contribution in [0.15, 0.2) is 12.3 Å². The average Bonchev–Trinajstić information content (AvgIpc) is 2.58. The van der Waals surface area contributed by atoms with Gasteiger partial charge in [0.1, 0.15) is 0 Å². The van der Waals surface area contributed by atoms with E-state index in [1.54, 1.807) is 6.20 Å². The number of rotatable bonds is 12. The molecular weight excluding hydrogens is 298 g/mol. The molecule has 0 aliphatic heterocycles. The van der Waals surface area contributed by atoms with E-state index in [-0.39, 0.29) is 11.9 Å². The quantitative estimate of drug-likeness (QED) is 0.520. The van der Waals surface area contributed by atoms with Gasteiger partial charge >= 0.3 is 0 Å². The van der Waals surface area contributed by atoms with Crippen molar-refractivity contribution in [3.8, 4) is 0 Å². The molecule has 0 aliphatic carbocycles. The number of aryl methyl sites for hydroxylation is 1. The summed E-state index contributed by atoms with van der Waals surface area (Å²) in [5, 5.41) is 0. The second-order valence-electron chi connectivity index (χ2n) is 6.55. The third-order valence-electron chi connectivity index (χ3n) is 4.30. The SMILES string of the molecule is CCCCC(CCCC)N(C(=O)CCC)c1nccc(CCC)n1. The van der Waals surface area contributed by atoms with Crippen molar-refractivity contribution in [2.75, 3.05) is 4.90 Å². The molecule has 0 aromatic carbocycles. The van der Waals surface area contributed by atoms with Gasteiger partial charge < -0.3 is 0 Å². The van der Waals surface area contributed by atoms with Gasteiger partial charge in [0.25, 0.3) is 0 Å². The van der Waals surface area contributed by atoms with Crippen LogP contribution in [0.2, 0.25) is 0 Å². The minimum atomic E-state index is 0.170. The molecule has 4 nitrogen and oxygen atoms in total. The van der Waals surface area contributed by atoms with Crippen LogP contribution in [0.5, 0.6) is 0 Å². The molecule has 136 valence electrons. The van der Waals surface area contributed by atoms with Crippen molar-refractivity contribution in [2.45, 2.75) is 97.9 Å². The highest BCUT2D eigenvalue weighted by molar-refractivity contribution is 5.92. The van der Waals surface area contributed by atoms with Crippen LogP contribution in [-0.2, 0) is 11.2 Å². The number of nitrogens with zero attached hydrogens (tertiary/aromatic N) is 3. The predicted octanol–water partition coefficient (Wildman–Crippen LogP) is 5.31. The summed E-state index contributed by atoms with van der Waals surface area (Å²) in [4.78, 5) is 23.9. The molecule has 0 atom stereocenters. The first-order valence-electron chi connectivity index (χ1n) is 9.81. The van der Waals surface area contributed by atoms with Crippen LogP contribution in [0.3, 0.4) is 0 Å². The molecule has 1 aromatic heterocycles. The zero-order valence-corrected chi connectivity index (χ0v) is 16.1. The van der Waals surface area contributed by atoms with Gasteiger partial charge in [0, 0.05) is 24.4 Å². The van der Waals surface area contributed by atoms with Crippen molar-refractivity contribution in [1.82, 2.24) is 9.97 Å². The fourth-order valence-corrected chi connectivity index (χ4v) is 2.99. The molecule has 0 unspecified atom stereocenters. The number of anilines is 1. The van der Waals surface area contributed by atoms with E-state index in [4.69, 9.17) is 4.98 Å². The molecule has 0 radical (unpaired) electrons. The van der Waals surface area contributed by atoms with Crippen LogP contribution in [-0.4, -0.2) is 21.9 Å². The molecular formula is C20H35N3O. The summed E-state index contributed by atoms with van der Waals surface area (Å²) in [5.41, 5.74) is 1.03. The van der Waals surface area contributed by atoms with Crippen molar-refractivity contribution < 1.29 is 4.79 Å². The summed E-state index contributed by atoms with van der Waals surface area (Å²) in [6.45, 7) is 8.60. The van der Waals surface area contributed by atoms with Gasteiger partial charge in [-0.2, -0.15) is 0 Å². The summed E-state index contributed by atoms with van der Waals surface area (Å²) in [6, 6.07) is 2.18. The second-order valence-corrected chi connectivity index (χ2v) is 6.55. The van der Waals surface area contributed by atoms with Gasteiger partial charge in [0.05, 0.1) is 0 Å². The van der Waals surface area contributed by atoms with Crippen LogP contribution < -0.4 is 4.90 Å². The normalized spacial score (nSPS) is 11.0. The van der Waals surface area contributed by atoms with Gasteiger partial charge in [-0.3, -0.25) is 9.69 Å². The first-order valence-corrected chi connectivity index (χ1v) is 9.81. The molecule has 24 heavy (non-hydrogen) atoms. The van der Waals surface area contributed by atoms with E-state index >= 15 is 0 Å². The summed E-state index contributed by atoms with van der Waals surface area (Å²) in [7, 11) is 0. The summed E-state index contributed by atoms with van der Waals surface area (Å²) in [6.07, 6.45) is 11.8. The lowest BCUT2D eigenvalue weighted by atomic mass is 10.0. The number of carbonyl (C=O) groups is 1. The lowest BCUT2D eigenvalue weighted by Crippen LogP contribution is -2.41. The molecule has 1 rings (SSSR count). The second kappa shape index (κ2) is 12.0. The number of hydrogen-bond acceptors (Lipinski definition) is 3. The maximum atomic E-state index is 12.8. The van der Waals surface area contributed by atoms with Crippen molar-refractivity contribution in [1.29, 1.82) is 0 Å². The van der Waals surface area contributed by atoms with Crippen LogP contribution in [0.1, 0.15) is 91.2 Å². The summed E-state index contributed by atoms with van der Waals surface area (Å²) < 4.78 is 0. The Morgan fingerprint density at radius 2 is 1.71 bits per heavy atom. The van der Waals surface area contributed by atoms with Crippen molar-refractivity contribution in [2.24, 2.45) is 0 Å². The fraction of sp³-hybridized carbons (Fsp3) is 0.750. The number of aromatic nitrogens is 2. The molecule has 0 saturated carbocycles. The average molecular weight is 334 g/mol. The highest BCUT2D eigenvalue weighted by atomic mass is 16.2. The molecule has 1 amide bonds. The Morgan fingerprint density at radius 1 is 1.04 bits per heavy atom. The van der Waals surface area contributed by atoms with E-state index in [0.29, 0.717) is 12.4 Å². The minimum absolute atomic E-state index is 0.170. The van der Waals surface area contributed by atoms with Crippen LogP contribution >= 0.6 is 0 Å². The van der Waals surface area contributed by atoms with E-state index in [1.165, 1.54) is 0 Å². The van der Waals surface area contributed by atoms with Gasteiger partial charge in [-0.05, 0) is 31.7 Å². The van der Waals surface area contributed by atoms with E-state index in [9.17, 15) is 4.79 Å². The molecule has 0 bridgehead atoms. The Hall–Kier alpha value is -1.45. The number of hydrogen-bond donors (Lipinski definition) is 0. The summed E-state index contributed by atoms with van der Waals surface area (Å²) in [5.74, 6) is 0.778. The zero-order chi connectivity index (χ0) is 17.8. The topological polar surface area (TPSA) is 46.1 Å². The van der Waals surface area contributed by atoms with Gasteiger partial charge in [0.15, 0.2) is 0 Å². The van der Waals surface area contributed by atoms with Gasteiger partial charge in [-0.15, -0.1) is 0 Å². The number of carbonyl (C=O) groups excluding carboxylic acids is 1. The molecule has 0 fully saturated rings. The smallest absolute Gasteiger partial charge is 0.232 e. The highest BCUT2D eigenvalue weighted by Crippen LogP contribution is 2.22. The first-order chi connectivity index (χ1) is 11.7. The lowest BCUT2D eigenvalue weighted by molar-refractivity contribution is -0.119. The molecule has 4 heteroatoms. The van der Waals surface area contributed by atoms with E-state index in [1.807, 2.05) is 11.0 Å². The first kappa shape index (κ1) is 20.6. The van der Waals surface area contributed by atoms with E-state index < -0.39 is 0 Å². The fourth-order valence-electron chi connectivity index (χ4n) is 2.99. The van der Waals surface area contributed by atoms with E-state index in [2.05, 4.69) is 32.7 Å². The Bertz CT molecular complexity index is 468. The maximum absolute atomic E-state index is 12.8. The molecule has 0 saturated heterocycles. The molecule has 0 N–H and O–H groups in total. The third kappa shape index (κ3) is 6.58. The largest absolute Gasteiger partial charge is 0.278 e. The minimum Gasteiger partial charge on any atom is -0.278 e. The molecule has 1 aromatic rings. The molecule has 0 spiro atoms. The van der Waals surface area contributed by atoms with Gasteiger partial charge in [0.2, 0.25) is 11.9 Å². The Labute approximate surface area is 148 Å². The monoisotopic (exact) mass is 333 g/mol.